The number of phenolic OH excluding ortho intramolecular Hbond substituents is 1. The van der Waals surface area contributed by atoms with Gasteiger partial charge >= 0.3 is 0 Å². The van der Waals surface area contributed by atoms with Crippen molar-refractivity contribution in [3.63, 3.8) is 0 Å². The Morgan fingerprint density at radius 2 is 1.90 bits per heavy atom. The fourth-order valence-electron chi connectivity index (χ4n) is 7.99. The van der Waals surface area contributed by atoms with E-state index in [9.17, 15) is 19.5 Å². The van der Waals surface area contributed by atoms with Crippen molar-refractivity contribution in [2.24, 2.45) is 0 Å². The van der Waals surface area contributed by atoms with Crippen molar-refractivity contribution in [2.75, 3.05) is 84.1 Å². The fourth-order valence-corrected chi connectivity index (χ4v) is 8.80. The van der Waals surface area contributed by atoms with Gasteiger partial charge in [0.2, 0.25) is 5.91 Å². The Kier molecular flexibility index (Phi) is 15.6. The molecule has 3 N–H and O–H groups in total. The molecule has 316 valence electrons. The third-order valence-corrected chi connectivity index (χ3v) is 12.4. The molecule has 3 amide bonds. The van der Waals surface area contributed by atoms with Crippen molar-refractivity contribution in [3.8, 4) is 11.5 Å². The van der Waals surface area contributed by atoms with E-state index in [1.54, 1.807) is 17.4 Å². The number of carbonyl (C=O) groups excluding carboxylic acids is 3. The number of amides is 3. The van der Waals surface area contributed by atoms with Crippen molar-refractivity contribution >= 4 is 34.7 Å². The van der Waals surface area contributed by atoms with E-state index in [-0.39, 0.29) is 35.7 Å². The number of nitrogens with one attached hydrogen (secondary N) is 2. The number of phenols is 1. The topological polar surface area (TPSA) is 146 Å². The number of hydrogen-bond donors (Lipinski definition) is 3. The molecule has 2 fully saturated rings. The molecule has 13 nitrogen and oxygen atoms in total. The van der Waals surface area contributed by atoms with Crippen LogP contribution in [0.1, 0.15) is 96.5 Å². The van der Waals surface area contributed by atoms with E-state index in [1.807, 2.05) is 21.2 Å². The molecule has 0 radical (unpaired) electrons. The van der Waals surface area contributed by atoms with Gasteiger partial charge in [-0.1, -0.05) is 57.0 Å². The lowest BCUT2D eigenvalue weighted by Gasteiger charge is -2.47. The summed E-state index contributed by atoms with van der Waals surface area (Å²) in [5, 5.41) is 19.1. The van der Waals surface area contributed by atoms with Crippen LogP contribution in [0.25, 0.3) is 0 Å². The number of aromatic hydroxyl groups is 1. The highest BCUT2D eigenvalue weighted by Crippen LogP contribution is 2.39. The van der Waals surface area contributed by atoms with E-state index in [0.717, 1.165) is 68.9 Å². The highest BCUT2D eigenvalue weighted by atomic mass is 32.1. The zero-order valence-electron chi connectivity index (χ0n) is 34.8. The van der Waals surface area contributed by atoms with Crippen LogP contribution in [0.15, 0.2) is 35.7 Å². The first-order chi connectivity index (χ1) is 28.0. The van der Waals surface area contributed by atoms with Crippen molar-refractivity contribution in [3.05, 3.63) is 68.7 Å². The predicted molar refractivity (Wildman–Crippen MR) is 226 cm³/mol. The summed E-state index contributed by atoms with van der Waals surface area (Å²) in [4.78, 5) is 49.2. The minimum atomic E-state index is -0.295. The molecule has 58 heavy (non-hydrogen) atoms. The Labute approximate surface area is 347 Å². The molecule has 14 heteroatoms. The fraction of sp³-hybridized carbons (Fsp3) is 0.591. The van der Waals surface area contributed by atoms with E-state index in [1.165, 1.54) is 16.7 Å². The number of aromatic nitrogens is 1. The van der Waals surface area contributed by atoms with Crippen LogP contribution in [-0.4, -0.2) is 127 Å². The zero-order chi connectivity index (χ0) is 41.1. The number of benzene rings is 2. The molecule has 2 aromatic carbocycles. The number of carbonyl (C=O) groups is 3. The summed E-state index contributed by atoms with van der Waals surface area (Å²) in [6.07, 6.45) is 5.53. The van der Waals surface area contributed by atoms with Crippen LogP contribution < -0.4 is 15.4 Å². The number of aryl methyl sites for hydroxylation is 1. The molecule has 4 heterocycles. The van der Waals surface area contributed by atoms with E-state index < -0.39 is 0 Å². The second-order valence-corrected chi connectivity index (χ2v) is 17.1. The second-order valence-electron chi connectivity index (χ2n) is 16.2. The van der Waals surface area contributed by atoms with Gasteiger partial charge in [-0.25, -0.2) is 4.98 Å². The monoisotopic (exact) mass is 818 g/mol. The largest absolute Gasteiger partial charge is 0.506 e. The third-order valence-electron chi connectivity index (χ3n) is 11.2. The quantitative estimate of drug-likeness (QED) is 0.104. The molecule has 0 unspecified atom stereocenters. The number of piperidine rings is 1. The van der Waals surface area contributed by atoms with Crippen LogP contribution >= 0.6 is 11.3 Å². The molecule has 3 aliphatic heterocycles. The Bertz CT molecular complexity index is 1860. The number of thiazole rings is 1. The number of anilines is 1. The Morgan fingerprint density at radius 1 is 1.09 bits per heavy atom. The molecule has 1 aromatic heterocycles. The number of rotatable bonds is 19. The maximum Gasteiger partial charge on any atom is 0.273 e. The van der Waals surface area contributed by atoms with Gasteiger partial charge < -0.3 is 39.8 Å². The first-order valence-corrected chi connectivity index (χ1v) is 21.9. The van der Waals surface area contributed by atoms with Gasteiger partial charge in [-0.15, -0.1) is 11.3 Å². The molecule has 3 aromatic rings. The van der Waals surface area contributed by atoms with Crippen molar-refractivity contribution in [1.29, 1.82) is 0 Å². The average molecular weight is 819 g/mol. The van der Waals surface area contributed by atoms with Gasteiger partial charge in [-0.05, 0) is 68.3 Å². The molecule has 0 saturated carbocycles. The van der Waals surface area contributed by atoms with Crippen LogP contribution in [0.2, 0.25) is 0 Å². The SMILES string of the molecule is CCCCN(CCNCCc1ccc(O)c2c1OCC(=O)N2)C(=O)CCOCCc1cc(C)cc(CN2CCC3(CC2)CN(C(=O)c2csc(C(C)C)n2)CCO3)c1. The van der Waals surface area contributed by atoms with Crippen LogP contribution in [0, 0.1) is 6.92 Å². The number of morpholine rings is 1. The summed E-state index contributed by atoms with van der Waals surface area (Å²) in [6.45, 7) is 16.5. The summed E-state index contributed by atoms with van der Waals surface area (Å²) in [5.41, 5.74) is 5.24. The van der Waals surface area contributed by atoms with E-state index in [0.29, 0.717) is 88.4 Å². The second kappa shape index (κ2) is 20.7. The maximum absolute atomic E-state index is 13.3. The molecule has 0 bridgehead atoms. The van der Waals surface area contributed by atoms with Gasteiger partial charge in [-0.3, -0.25) is 19.3 Å². The minimum absolute atomic E-state index is 0.0103. The van der Waals surface area contributed by atoms with E-state index in [4.69, 9.17) is 14.2 Å². The smallest absolute Gasteiger partial charge is 0.273 e. The maximum atomic E-state index is 13.3. The number of nitrogens with zero attached hydrogens (tertiary/aromatic N) is 4. The molecular formula is C44H62N6O7S. The lowest BCUT2D eigenvalue weighted by Crippen LogP contribution is -2.58. The number of unbranched alkanes of at least 4 members (excludes halogenated alkanes) is 1. The lowest BCUT2D eigenvalue weighted by atomic mass is 9.89. The van der Waals surface area contributed by atoms with Crippen molar-refractivity contribution < 1.29 is 33.7 Å². The van der Waals surface area contributed by atoms with Gasteiger partial charge in [0.1, 0.15) is 17.1 Å². The minimum Gasteiger partial charge on any atom is -0.506 e. The van der Waals surface area contributed by atoms with Crippen LogP contribution in [0.3, 0.4) is 0 Å². The number of likely N-dealkylation sites (tertiary alicyclic amines) is 1. The molecule has 1 spiro atoms. The standard InChI is InChI=1S/C44H62N6O7S/c1-5-6-16-49(19-15-45-14-9-35-7-8-37(51)40-41(35)56-28-38(52)47-40)39(53)11-22-55-21-10-33-24-32(4)25-34(26-33)27-48-17-12-44(13-18-48)30-50(20-23-57-44)43(54)36-29-58-42(46-36)31(2)3/h7-8,24-26,29,31,45,51H,5-6,9-23,27-28,30H2,1-4H3,(H,47,52). The number of fused-ring (bicyclic) bond motifs is 1. The summed E-state index contributed by atoms with van der Waals surface area (Å²) in [7, 11) is 0. The first kappa shape index (κ1) is 43.5. The highest BCUT2D eigenvalue weighted by Gasteiger charge is 2.41. The van der Waals surface area contributed by atoms with Crippen molar-refractivity contribution in [1.82, 2.24) is 25.0 Å². The highest BCUT2D eigenvalue weighted by molar-refractivity contribution is 7.09. The molecule has 0 aliphatic carbocycles. The molecule has 2 saturated heterocycles. The van der Waals surface area contributed by atoms with E-state index >= 15 is 0 Å². The van der Waals surface area contributed by atoms with Gasteiger partial charge in [0, 0.05) is 57.1 Å². The molecule has 6 rings (SSSR count). The summed E-state index contributed by atoms with van der Waals surface area (Å²) in [6, 6.07) is 10.1. The Morgan fingerprint density at radius 3 is 2.67 bits per heavy atom. The average Bonchev–Trinajstić information content (AvgIpc) is 3.71. The van der Waals surface area contributed by atoms with E-state index in [2.05, 4.69) is 66.4 Å². The molecular weight excluding hydrogens is 757 g/mol. The lowest BCUT2D eigenvalue weighted by molar-refractivity contribution is -0.132. The first-order valence-electron chi connectivity index (χ1n) is 21.1. The summed E-state index contributed by atoms with van der Waals surface area (Å²) in [5.74, 6) is 0.654. The summed E-state index contributed by atoms with van der Waals surface area (Å²) >= 11 is 1.56. The van der Waals surface area contributed by atoms with Crippen LogP contribution in [0.5, 0.6) is 11.5 Å². The normalized spacial score (nSPS) is 16.6. The predicted octanol–water partition coefficient (Wildman–Crippen LogP) is 5.53. The Hall–Kier alpha value is -4.08. The van der Waals surface area contributed by atoms with Gasteiger partial charge in [0.15, 0.2) is 12.4 Å². The number of hydrogen-bond acceptors (Lipinski definition) is 11. The Balaban J connectivity index is 0.890. The van der Waals surface area contributed by atoms with Crippen molar-refractivity contribution in [2.45, 2.75) is 90.7 Å². The number of ether oxygens (including phenoxy) is 3. The van der Waals surface area contributed by atoms with Gasteiger partial charge in [-0.2, -0.15) is 0 Å². The van der Waals surface area contributed by atoms with Crippen LogP contribution in [-0.2, 0) is 38.4 Å². The molecule has 0 atom stereocenters. The third kappa shape index (κ3) is 11.8. The summed E-state index contributed by atoms with van der Waals surface area (Å²) < 4.78 is 18.0. The molecule has 3 aliphatic rings. The van der Waals surface area contributed by atoms with Crippen LogP contribution in [0.4, 0.5) is 5.69 Å². The van der Waals surface area contributed by atoms with Gasteiger partial charge in [0.05, 0.1) is 43.4 Å². The van der Waals surface area contributed by atoms with Gasteiger partial charge in [0.25, 0.3) is 11.8 Å². The zero-order valence-corrected chi connectivity index (χ0v) is 35.6.